The highest BCUT2D eigenvalue weighted by Gasteiger charge is 2.62. The average Bonchev–Trinajstić information content (AvgIpc) is 3.11. The van der Waals surface area contributed by atoms with E-state index in [0.29, 0.717) is 35.5 Å². The molecular weight excluding hydrogens is 444 g/mol. The molecule has 0 radical (unpaired) electrons. The molecule has 4 rings (SSSR count). The topological polar surface area (TPSA) is 96.7 Å². The fourth-order valence-electron chi connectivity index (χ4n) is 4.72. The van der Waals surface area contributed by atoms with E-state index in [1.807, 2.05) is 51.1 Å². The number of anilines is 2. The monoisotopic (exact) mass is 472 g/mol. The van der Waals surface area contributed by atoms with Gasteiger partial charge < -0.3 is 9.47 Å². The van der Waals surface area contributed by atoms with E-state index in [-0.39, 0.29) is 23.2 Å². The zero-order valence-electron chi connectivity index (χ0n) is 20.3. The molecule has 1 saturated heterocycles. The molecule has 1 aliphatic heterocycles. The predicted molar refractivity (Wildman–Crippen MR) is 129 cm³/mol. The van der Waals surface area contributed by atoms with E-state index >= 15 is 0 Å². The van der Waals surface area contributed by atoms with E-state index < -0.39 is 18.0 Å². The van der Waals surface area contributed by atoms with Crippen molar-refractivity contribution in [3.05, 3.63) is 71.3 Å². The van der Waals surface area contributed by atoms with Gasteiger partial charge in [0.05, 0.1) is 12.5 Å². The second-order valence-corrected chi connectivity index (χ2v) is 9.64. The molecule has 35 heavy (non-hydrogen) atoms. The summed E-state index contributed by atoms with van der Waals surface area (Å²) in [5.74, 6) is -1.61. The lowest BCUT2D eigenvalue weighted by Crippen LogP contribution is -2.23. The fraction of sp³-hybridized carbons (Fsp3) is 0.357. The first-order chi connectivity index (χ1) is 16.6. The molecule has 7 heteroatoms. The van der Waals surface area contributed by atoms with Gasteiger partial charge in [-0.2, -0.15) is 5.26 Å². The van der Waals surface area contributed by atoms with Crippen LogP contribution in [0.2, 0.25) is 0 Å². The van der Waals surface area contributed by atoms with Gasteiger partial charge in [-0.25, -0.2) is 4.79 Å². The number of esters is 2. The van der Waals surface area contributed by atoms with Crippen LogP contribution < -0.4 is 4.90 Å². The fourth-order valence-corrected chi connectivity index (χ4v) is 4.72. The molecule has 2 fully saturated rings. The molecule has 2 aliphatic rings. The molecule has 1 amide bonds. The first-order valence-electron chi connectivity index (χ1n) is 11.6. The lowest BCUT2D eigenvalue weighted by atomic mass is 10.1. The van der Waals surface area contributed by atoms with Crippen molar-refractivity contribution in [2.24, 2.45) is 17.3 Å². The molecular formula is C28H28N2O5. The maximum atomic E-state index is 13.0. The Morgan fingerprint density at radius 1 is 1.20 bits per heavy atom. The molecule has 0 bridgehead atoms. The van der Waals surface area contributed by atoms with Crippen LogP contribution in [0.4, 0.5) is 11.4 Å². The first kappa shape index (κ1) is 24.2. The summed E-state index contributed by atoms with van der Waals surface area (Å²) in [4.78, 5) is 38.9. The van der Waals surface area contributed by atoms with Crippen LogP contribution in [-0.2, 0) is 23.9 Å². The Labute approximate surface area is 204 Å². The Bertz CT molecular complexity index is 1260. The van der Waals surface area contributed by atoms with Crippen molar-refractivity contribution in [2.45, 2.75) is 40.2 Å². The van der Waals surface area contributed by atoms with Gasteiger partial charge in [-0.05, 0) is 48.1 Å². The minimum absolute atomic E-state index is 0.157. The highest BCUT2D eigenvalue weighted by molar-refractivity contribution is 5.99. The number of carbonyl (C=O) groups is 3. The molecule has 2 aromatic rings. The molecule has 3 atom stereocenters. The maximum Gasteiger partial charge on any atom is 0.333 e. The lowest BCUT2D eigenvalue weighted by Gasteiger charge is -2.23. The van der Waals surface area contributed by atoms with E-state index in [9.17, 15) is 19.6 Å². The number of carbonyl (C=O) groups excluding carboxylic acids is 3. The lowest BCUT2D eigenvalue weighted by molar-refractivity contribution is -0.149. The van der Waals surface area contributed by atoms with Crippen LogP contribution in [0.1, 0.15) is 44.4 Å². The number of amides is 1. The van der Waals surface area contributed by atoms with Crippen molar-refractivity contribution in [1.82, 2.24) is 0 Å². The van der Waals surface area contributed by atoms with Crippen LogP contribution in [-0.4, -0.2) is 24.5 Å². The number of hydrogen-bond donors (Lipinski definition) is 0. The number of hydrogen-bond acceptors (Lipinski definition) is 6. The standard InChI is InChI=1S/C28H28N2O5/c1-17-7-5-9-21(13-17)30(18(2)31)22-10-6-8-19(14-22)24(16-29)35-27(33)25-23(28(25,3)4)15-20-11-12-34-26(20)32/h5-10,13-15,23-25H,11-12H2,1-4H3. The molecule has 0 aromatic heterocycles. The molecule has 0 N–H and O–H groups in total. The van der Waals surface area contributed by atoms with E-state index in [1.165, 1.54) is 6.92 Å². The van der Waals surface area contributed by atoms with Gasteiger partial charge in [-0.1, -0.05) is 44.2 Å². The number of ether oxygens (including phenoxy) is 2. The Balaban J connectivity index is 1.54. The van der Waals surface area contributed by atoms with E-state index in [0.717, 1.165) is 5.56 Å². The third-order valence-corrected chi connectivity index (χ3v) is 6.77. The zero-order chi connectivity index (χ0) is 25.3. The third kappa shape index (κ3) is 4.83. The molecule has 0 spiro atoms. The van der Waals surface area contributed by atoms with Crippen LogP contribution in [0.5, 0.6) is 0 Å². The van der Waals surface area contributed by atoms with Crippen LogP contribution >= 0.6 is 0 Å². The summed E-state index contributed by atoms with van der Waals surface area (Å²) in [7, 11) is 0. The van der Waals surface area contributed by atoms with Crippen molar-refractivity contribution >= 4 is 29.2 Å². The summed E-state index contributed by atoms with van der Waals surface area (Å²) in [5, 5.41) is 9.80. The van der Waals surface area contributed by atoms with Crippen molar-refractivity contribution in [2.75, 3.05) is 11.5 Å². The number of nitrogens with zero attached hydrogens (tertiary/aromatic N) is 2. The van der Waals surface area contributed by atoms with Crippen molar-refractivity contribution in [1.29, 1.82) is 5.26 Å². The van der Waals surface area contributed by atoms with Crippen molar-refractivity contribution in [3.63, 3.8) is 0 Å². The van der Waals surface area contributed by atoms with Crippen LogP contribution in [0.3, 0.4) is 0 Å². The summed E-state index contributed by atoms with van der Waals surface area (Å²) in [6.45, 7) is 7.66. The summed E-state index contributed by atoms with van der Waals surface area (Å²) in [6.07, 6.45) is 1.22. The van der Waals surface area contributed by atoms with E-state index in [1.54, 1.807) is 29.2 Å². The Morgan fingerprint density at radius 3 is 2.49 bits per heavy atom. The Morgan fingerprint density at radius 2 is 1.89 bits per heavy atom. The zero-order valence-corrected chi connectivity index (χ0v) is 20.3. The van der Waals surface area contributed by atoms with Gasteiger partial charge in [0, 0.05) is 35.9 Å². The minimum atomic E-state index is -1.13. The van der Waals surface area contributed by atoms with Gasteiger partial charge in [-0.15, -0.1) is 0 Å². The number of cyclic esters (lactones) is 1. The molecule has 1 aliphatic carbocycles. The van der Waals surface area contributed by atoms with Crippen LogP contribution in [0.25, 0.3) is 0 Å². The minimum Gasteiger partial charge on any atom is -0.462 e. The Kier molecular flexibility index (Phi) is 6.49. The number of allylic oxidation sites excluding steroid dienone is 1. The summed E-state index contributed by atoms with van der Waals surface area (Å²) in [6, 6.07) is 16.5. The number of aryl methyl sites for hydroxylation is 1. The normalized spacial score (nSPS) is 22.1. The van der Waals surface area contributed by atoms with E-state index in [4.69, 9.17) is 9.47 Å². The summed E-state index contributed by atoms with van der Waals surface area (Å²) < 4.78 is 10.6. The van der Waals surface area contributed by atoms with Crippen molar-refractivity contribution < 1.29 is 23.9 Å². The van der Waals surface area contributed by atoms with Crippen molar-refractivity contribution in [3.8, 4) is 6.07 Å². The van der Waals surface area contributed by atoms with Crippen LogP contribution in [0, 0.1) is 35.5 Å². The molecule has 1 heterocycles. The van der Waals surface area contributed by atoms with Gasteiger partial charge in [0.2, 0.25) is 12.0 Å². The average molecular weight is 473 g/mol. The quantitative estimate of drug-likeness (QED) is 0.437. The molecule has 7 nitrogen and oxygen atoms in total. The number of rotatable bonds is 6. The molecule has 180 valence electrons. The first-order valence-corrected chi connectivity index (χ1v) is 11.6. The number of benzene rings is 2. The highest BCUT2D eigenvalue weighted by Crippen LogP contribution is 2.60. The van der Waals surface area contributed by atoms with Crippen LogP contribution in [0.15, 0.2) is 60.2 Å². The second-order valence-electron chi connectivity index (χ2n) is 9.64. The highest BCUT2D eigenvalue weighted by atomic mass is 16.5. The second kappa shape index (κ2) is 9.38. The summed E-state index contributed by atoms with van der Waals surface area (Å²) in [5.41, 5.74) is 2.97. The van der Waals surface area contributed by atoms with Gasteiger partial charge in [0.25, 0.3) is 0 Å². The molecule has 2 aromatic carbocycles. The van der Waals surface area contributed by atoms with Gasteiger partial charge in [-0.3, -0.25) is 14.5 Å². The predicted octanol–water partition coefficient (Wildman–Crippen LogP) is 4.93. The molecule has 3 unspecified atom stereocenters. The van der Waals surface area contributed by atoms with Gasteiger partial charge in [0.1, 0.15) is 6.07 Å². The molecule has 1 saturated carbocycles. The SMILES string of the molecule is CC(=O)N(c1cccc(C)c1)c1cccc(C(C#N)OC(=O)C2C(C=C3CCOC3=O)C2(C)C)c1. The van der Waals surface area contributed by atoms with Gasteiger partial charge >= 0.3 is 11.9 Å². The summed E-state index contributed by atoms with van der Waals surface area (Å²) >= 11 is 0. The number of nitriles is 1. The Hall–Kier alpha value is -3.92. The van der Waals surface area contributed by atoms with E-state index in [2.05, 4.69) is 6.07 Å². The smallest absolute Gasteiger partial charge is 0.333 e. The third-order valence-electron chi connectivity index (χ3n) is 6.77. The maximum absolute atomic E-state index is 13.0. The van der Waals surface area contributed by atoms with Gasteiger partial charge in [0.15, 0.2) is 0 Å². The largest absolute Gasteiger partial charge is 0.462 e.